The van der Waals surface area contributed by atoms with Gasteiger partial charge in [-0.2, -0.15) is 0 Å². The minimum Gasteiger partial charge on any atom is -0.493 e. The zero-order valence-electron chi connectivity index (χ0n) is 9.87. The van der Waals surface area contributed by atoms with E-state index in [0.29, 0.717) is 11.5 Å². The van der Waals surface area contributed by atoms with Crippen molar-refractivity contribution in [2.75, 3.05) is 14.2 Å². The van der Waals surface area contributed by atoms with E-state index < -0.39 is 0 Å². The molecule has 0 saturated heterocycles. The Morgan fingerprint density at radius 1 is 1.19 bits per heavy atom. The fraction of sp³-hybridized carbons (Fsp3) is 0.462. The lowest BCUT2D eigenvalue weighted by Crippen LogP contribution is -2.16. The first-order valence-electron chi connectivity index (χ1n) is 5.37. The third-order valence-electron chi connectivity index (χ3n) is 3.36. The molecule has 1 aliphatic rings. The molecule has 0 N–H and O–H groups in total. The molecule has 16 heavy (non-hydrogen) atoms. The highest BCUT2D eigenvalue weighted by atomic mass is 16.5. The van der Waals surface area contributed by atoms with Gasteiger partial charge in [0.25, 0.3) is 0 Å². The second kappa shape index (κ2) is 3.81. The van der Waals surface area contributed by atoms with Gasteiger partial charge in [0, 0.05) is 0 Å². The Kier molecular flexibility index (Phi) is 2.62. The molecular weight excluding hydrogens is 204 g/mol. The molecule has 1 aromatic carbocycles. The summed E-state index contributed by atoms with van der Waals surface area (Å²) >= 11 is 0. The molecule has 0 aliphatic heterocycles. The van der Waals surface area contributed by atoms with Crippen molar-refractivity contribution in [3.05, 3.63) is 23.8 Å². The zero-order valence-corrected chi connectivity index (χ0v) is 9.87. The molecule has 0 spiro atoms. The Labute approximate surface area is 95.4 Å². The number of ketones is 1. The summed E-state index contributed by atoms with van der Waals surface area (Å²) in [5.74, 6) is 1.62. The second-order valence-electron chi connectivity index (χ2n) is 4.21. The molecular formula is C13H16O3. The van der Waals surface area contributed by atoms with Gasteiger partial charge < -0.3 is 9.47 Å². The summed E-state index contributed by atoms with van der Waals surface area (Å²) in [5, 5.41) is 0. The number of carbonyl (C=O) groups excluding carboxylic acids is 1. The van der Waals surface area contributed by atoms with Crippen molar-refractivity contribution >= 4 is 5.78 Å². The average molecular weight is 220 g/mol. The molecule has 0 radical (unpaired) electrons. The van der Waals surface area contributed by atoms with E-state index in [1.165, 1.54) is 0 Å². The van der Waals surface area contributed by atoms with Crippen molar-refractivity contribution < 1.29 is 14.3 Å². The van der Waals surface area contributed by atoms with E-state index in [1.54, 1.807) is 21.1 Å². The molecule has 2 rings (SSSR count). The normalized spacial score (nSPS) is 16.7. The third-order valence-corrected chi connectivity index (χ3v) is 3.36. The van der Waals surface area contributed by atoms with E-state index in [-0.39, 0.29) is 11.2 Å². The van der Waals surface area contributed by atoms with E-state index in [9.17, 15) is 4.79 Å². The molecule has 3 nitrogen and oxygen atoms in total. The molecule has 1 aromatic rings. The van der Waals surface area contributed by atoms with Crippen LogP contribution in [-0.4, -0.2) is 20.0 Å². The topological polar surface area (TPSA) is 35.5 Å². The van der Waals surface area contributed by atoms with Crippen LogP contribution in [0.2, 0.25) is 0 Å². The SMILES string of the molecule is COc1ccc(C2(C(C)=O)CC2)cc1OC. The number of Topliss-reactive ketones (excluding diaryl/α,β-unsaturated/α-hetero) is 1. The van der Waals surface area contributed by atoms with Gasteiger partial charge in [0.05, 0.1) is 19.6 Å². The van der Waals surface area contributed by atoms with Gasteiger partial charge in [-0.1, -0.05) is 6.07 Å². The van der Waals surface area contributed by atoms with Crippen LogP contribution in [-0.2, 0) is 10.2 Å². The fourth-order valence-electron chi connectivity index (χ4n) is 2.10. The maximum absolute atomic E-state index is 11.6. The average Bonchev–Trinajstić information content (AvgIpc) is 3.09. The van der Waals surface area contributed by atoms with Crippen molar-refractivity contribution in [2.45, 2.75) is 25.2 Å². The van der Waals surface area contributed by atoms with Gasteiger partial charge in [0.15, 0.2) is 11.5 Å². The van der Waals surface area contributed by atoms with Crippen LogP contribution in [0, 0.1) is 0 Å². The predicted octanol–water partition coefficient (Wildman–Crippen LogP) is 2.32. The lowest BCUT2D eigenvalue weighted by atomic mass is 9.92. The van der Waals surface area contributed by atoms with Gasteiger partial charge in [-0.25, -0.2) is 0 Å². The molecule has 86 valence electrons. The van der Waals surface area contributed by atoms with Crippen molar-refractivity contribution in [2.24, 2.45) is 0 Å². The summed E-state index contributed by atoms with van der Waals surface area (Å²) in [6, 6.07) is 5.72. The van der Waals surface area contributed by atoms with Crippen LogP contribution in [0.3, 0.4) is 0 Å². The molecule has 0 aromatic heterocycles. The van der Waals surface area contributed by atoms with Crippen LogP contribution in [0.15, 0.2) is 18.2 Å². The van der Waals surface area contributed by atoms with Crippen molar-refractivity contribution in [3.8, 4) is 11.5 Å². The van der Waals surface area contributed by atoms with E-state index in [4.69, 9.17) is 9.47 Å². The second-order valence-corrected chi connectivity index (χ2v) is 4.21. The molecule has 0 heterocycles. The molecule has 0 amide bonds. The lowest BCUT2D eigenvalue weighted by molar-refractivity contribution is -0.119. The van der Waals surface area contributed by atoms with Crippen molar-refractivity contribution in [3.63, 3.8) is 0 Å². The maximum Gasteiger partial charge on any atom is 0.161 e. The van der Waals surface area contributed by atoms with E-state index in [0.717, 1.165) is 18.4 Å². The molecule has 1 saturated carbocycles. The van der Waals surface area contributed by atoms with Gasteiger partial charge in [0.2, 0.25) is 0 Å². The number of methoxy groups -OCH3 is 2. The maximum atomic E-state index is 11.6. The van der Waals surface area contributed by atoms with Crippen LogP contribution in [0.1, 0.15) is 25.3 Å². The van der Waals surface area contributed by atoms with E-state index in [2.05, 4.69) is 0 Å². The first-order valence-corrected chi connectivity index (χ1v) is 5.37. The molecule has 3 heteroatoms. The Hall–Kier alpha value is -1.51. The highest BCUT2D eigenvalue weighted by molar-refractivity contribution is 5.91. The number of carbonyl (C=O) groups is 1. The fourth-order valence-corrected chi connectivity index (χ4v) is 2.10. The number of rotatable bonds is 4. The Balaban J connectivity index is 2.40. The quantitative estimate of drug-likeness (QED) is 0.781. The minimum atomic E-state index is -0.250. The Morgan fingerprint density at radius 2 is 1.81 bits per heavy atom. The monoisotopic (exact) mass is 220 g/mol. The third kappa shape index (κ3) is 1.56. The molecule has 1 fully saturated rings. The standard InChI is InChI=1S/C13H16O3/c1-9(14)13(6-7-13)10-4-5-11(15-2)12(8-10)16-3/h4-5,8H,6-7H2,1-3H3. The summed E-state index contributed by atoms with van der Waals surface area (Å²) in [4.78, 5) is 11.6. The van der Waals surface area contributed by atoms with Crippen molar-refractivity contribution in [1.29, 1.82) is 0 Å². The van der Waals surface area contributed by atoms with Gasteiger partial charge in [0.1, 0.15) is 5.78 Å². The predicted molar refractivity (Wildman–Crippen MR) is 61.1 cm³/mol. The van der Waals surface area contributed by atoms with Gasteiger partial charge in [-0.15, -0.1) is 0 Å². The molecule has 0 unspecified atom stereocenters. The van der Waals surface area contributed by atoms with Crippen LogP contribution >= 0.6 is 0 Å². The number of hydrogen-bond acceptors (Lipinski definition) is 3. The largest absolute Gasteiger partial charge is 0.493 e. The van der Waals surface area contributed by atoms with Gasteiger partial charge in [-0.05, 0) is 37.5 Å². The highest BCUT2D eigenvalue weighted by Crippen LogP contribution is 2.50. The first kappa shape index (κ1) is 11.0. The van der Waals surface area contributed by atoms with Gasteiger partial charge >= 0.3 is 0 Å². The van der Waals surface area contributed by atoms with Gasteiger partial charge in [-0.3, -0.25) is 4.79 Å². The summed E-state index contributed by atoms with van der Waals surface area (Å²) in [6.07, 6.45) is 1.88. The lowest BCUT2D eigenvalue weighted by Gasteiger charge is -2.14. The van der Waals surface area contributed by atoms with E-state index in [1.807, 2.05) is 18.2 Å². The number of hydrogen-bond donors (Lipinski definition) is 0. The highest BCUT2D eigenvalue weighted by Gasteiger charge is 2.48. The number of benzene rings is 1. The van der Waals surface area contributed by atoms with Crippen LogP contribution < -0.4 is 9.47 Å². The smallest absolute Gasteiger partial charge is 0.161 e. The first-order chi connectivity index (χ1) is 7.64. The van der Waals surface area contributed by atoms with E-state index >= 15 is 0 Å². The van der Waals surface area contributed by atoms with Crippen molar-refractivity contribution in [1.82, 2.24) is 0 Å². The molecule has 1 aliphatic carbocycles. The van der Waals surface area contributed by atoms with Crippen LogP contribution in [0.4, 0.5) is 0 Å². The summed E-state index contributed by atoms with van der Waals surface area (Å²) in [6.45, 7) is 1.66. The molecule has 0 bridgehead atoms. The summed E-state index contributed by atoms with van der Waals surface area (Å²) in [7, 11) is 3.21. The summed E-state index contributed by atoms with van der Waals surface area (Å²) < 4.78 is 10.4. The van der Waals surface area contributed by atoms with Crippen LogP contribution in [0.25, 0.3) is 0 Å². The zero-order chi connectivity index (χ0) is 11.8. The minimum absolute atomic E-state index is 0.236. The Morgan fingerprint density at radius 3 is 2.25 bits per heavy atom. The van der Waals surface area contributed by atoms with Crippen LogP contribution in [0.5, 0.6) is 11.5 Å². The number of ether oxygens (including phenoxy) is 2. The summed E-state index contributed by atoms with van der Waals surface area (Å²) in [5.41, 5.74) is 0.789. The molecule has 0 atom stereocenters. The Bertz CT molecular complexity index is 419.